The van der Waals surface area contributed by atoms with Crippen LogP contribution in [0.2, 0.25) is 0 Å². The first-order valence-electron chi connectivity index (χ1n) is 5.58. The van der Waals surface area contributed by atoms with Gasteiger partial charge in [0.05, 0.1) is 17.3 Å². The molecule has 7 heteroatoms. The van der Waals surface area contributed by atoms with E-state index in [1.165, 1.54) is 18.3 Å². The molecule has 102 valence electrons. The van der Waals surface area contributed by atoms with E-state index in [1.807, 2.05) is 6.07 Å². The second kappa shape index (κ2) is 5.27. The van der Waals surface area contributed by atoms with Crippen molar-refractivity contribution < 1.29 is 12.8 Å². The topological polar surface area (TPSA) is 82.9 Å². The third-order valence-corrected chi connectivity index (χ3v) is 3.89. The monoisotopic (exact) mass is 291 g/mol. The summed E-state index contributed by atoms with van der Waals surface area (Å²) in [6.07, 6.45) is 1.19. The van der Waals surface area contributed by atoms with E-state index >= 15 is 0 Å². The fourth-order valence-corrected chi connectivity index (χ4v) is 2.69. The number of nitrogens with one attached hydrogen (secondary N) is 1. The van der Waals surface area contributed by atoms with E-state index in [2.05, 4.69) is 9.71 Å². The number of hydrogen-bond donors (Lipinski definition) is 1. The molecule has 1 heterocycles. The summed E-state index contributed by atoms with van der Waals surface area (Å²) in [6.45, 7) is 1.67. The number of pyridine rings is 1. The van der Waals surface area contributed by atoms with Gasteiger partial charge in [-0.3, -0.25) is 4.72 Å². The van der Waals surface area contributed by atoms with Gasteiger partial charge < -0.3 is 0 Å². The van der Waals surface area contributed by atoms with Gasteiger partial charge >= 0.3 is 0 Å². The smallest absolute Gasteiger partial charge is 0.278 e. The summed E-state index contributed by atoms with van der Waals surface area (Å²) < 4.78 is 39.9. The molecule has 0 atom stereocenters. The Labute approximate surface area is 115 Å². The van der Waals surface area contributed by atoms with Crippen LogP contribution < -0.4 is 4.72 Å². The summed E-state index contributed by atoms with van der Waals surface area (Å²) in [6, 6.07) is 8.77. The van der Waals surface area contributed by atoms with Crippen molar-refractivity contribution >= 4 is 15.7 Å². The van der Waals surface area contributed by atoms with E-state index in [0.29, 0.717) is 11.1 Å². The highest BCUT2D eigenvalue weighted by atomic mass is 32.2. The molecule has 0 aliphatic rings. The van der Waals surface area contributed by atoms with E-state index in [1.54, 1.807) is 19.1 Å². The lowest BCUT2D eigenvalue weighted by molar-refractivity contribution is 0.557. The summed E-state index contributed by atoms with van der Waals surface area (Å²) in [7, 11) is -4.14. The normalized spacial score (nSPS) is 10.8. The first-order chi connectivity index (χ1) is 9.44. The molecule has 20 heavy (non-hydrogen) atoms. The SMILES string of the molecule is Cc1ccc(C#N)cc1NS(=O)(=O)c1ncccc1F. The number of aryl methyl sites for hydroxylation is 1. The zero-order chi connectivity index (χ0) is 14.8. The van der Waals surface area contributed by atoms with Crippen LogP contribution in [0.4, 0.5) is 10.1 Å². The van der Waals surface area contributed by atoms with Gasteiger partial charge in [0.1, 0.15) is 0 Å². The number of nitriles is 1. The van der Waals surface area contributed by atoms with Crippen LogP contribution in [0.1, 0.15) is 11.1 Å². The quantitative estimate of drug-likeness (QED) is 0.939. The minimum absolute atomic E-state index is 0.217. The van der Waals surface area contributed by atoms with Gasteiger partial charge in [0.15, 0.2) is 5.82 Å². The van der Waals surface area contributed by atoms with Crippen LogP contribution in [0.15, 0.2) is 41.6 Å². The maximum Gasteiger partial charge on any atom is 0.282 e. The number of halogens is 1. The van der Waals surface area contributed by atoms with Crippen molar-refractivity contribution in [2.24, 2.45) is 0 Å². The van der Waals surface area contributed by atoms with Crippen molar-refractivity contribution in [3.05, 3.63) is 53.5 Å². The predicted molar refractivity (Wildman–Crippen MR) is 70.9 cm³/mol. The van der Waals surface area contributed by atoms with Gasteiger partial charge in [-0.25, -0.2) is 9.37 Å². The van der Waals surface area contributed by atoms with Gasteiger partial charge in [-0.15, -0.1) is 0 Å². The largest absolute Gasteiger partial charge is 0.282 e. The minimum atomic E-state index is -4.14. The number of hydrogen-bond acceptors (Lipinski definition) is 4. The zero-order valence-electron chi connectivity index (χ0n) is 10.5. The van der Waals surface area contributed by atoms with Crippen molar-refractivity contribution in [2.75, 3.05) is 4.72 Å². The molecule has 1 N–H and O–H groups in total. The Morgan fingerprint density at radius 1 is 1.35 bits per heavy atom. The lowest BCUT2D eigenvalue weighted by Gasteiger charge is -2.10. The molecule has 5 nitrogen and oxygen atoms in total. The first-order valence-corrected chi connectivity index (χ1v) is 7.06. The number of aromatic nitrogens is 1. The molecule has 1 aromatic heterocycles. The molecule has 0 spiro atoms. The summed E-state index contributed by atoms with van der Waals surface area (Å²) in [5.74, 6) is -0.936. The number of rotatable bonds is 3. The van der Waals surface area contributed by atoms with Crippen LogP contribution in [-0.4, -0.2) is 13.4 Å². The van der Waals surface area contributed by atoms with Crippen LogP contribution in [-0.2, 0) is 10.0 Å². The van der Waals surface area contributed by atoms with Crippen molar-refractivity contribution in [3.63, 3.8) is 0 Å². The second-order valence-corrected chi connectivity index (χ2v) is 5.64. The van der Waals surface area contributed by atoms with Gasteiger partial charge in [0, 0.05) is 6.20 Å². The molecule has 2 rings (SSSR count). The standard InChI is InChI=1S/C13H10FN3O2S/c1-9-4-5-10(8-15)7-12(9)17-20(18,19)13-11(14)3-2-6-16-13/h2-7,17H,1H3. The Morgan fingerprint density at radius 3 is 2.75 bits per heavy atom. The molecule has 0 bridgehead atoms. The van der Waals surface area contributed by atoms with E-state index in [0.717, 1.165) is 6.07 Å². The molecule has 0 fully saturated rings. The van der Waals surface area contributed by atoms with Crippen molar-refractivity contribution in [1.29, 1.82) is 5.26 Å². The zero-order valence-corrected chi connectivity index (χ0v) is 11.3. The van der Waals surface area contributed by atoms with Crippen LogP contribution >= 0.6 is 0 Å². The van der Waals surface area contributed by atoms with Crippen LogP contribution in [0.25, 0.3) is 0 Å². The maximum absolute atomic E-state index is 13.5. The number of sulfonamides is 1. The van der Waals surface area contributed by atoms with Gasteiger partial charge in [0.25, 0.3) is 10.0 Å². The maximum atomic E-state index is 13.5. The van der Waals surface area contributed by atoms with E-state index in [-0.39, 0.29) is 5.69 Å². The third-order valence-electron chi connectivity index (χ3n) is 2.59. The fraction of sp³-hybridized carbons (Fsp3) is 0.0769. The second-order valence-electron chi connectivity index (χ2n) is 4.04. The molecular formula is C13H10FN3O2S. The molecule has 0 saturated heterocycles. The molecule has 0 saturated carbocycles. The van der Waals surface area contributed by atoms with Crippen LogP contribution in [0, 0.1) is 24.1 Å². The first kappa shape index (κ1) is 14.0. The summed E-state index contributed by atoms with van der Waals surface area (Å²) in [5.41, 5.74) is 1.13. The molecule has 2 aromatic rings. The molecule has 0 radical (unpaired) electrons. The average Bonchev–Trinajstić information content (AvgIpc) is 2.41. The summed E-state index contributed by atoms with van der Waals surface area (Å²) in [5, 5.41) is 8.13. The Morgan fingerprint density at radius 2 is 2.10 bits per heavy atom. The Kier molecular flexibility index (Phi) is 3.68. The molecular weight excluding hydrogens is 281 g/mol. The van der Waals surface area contributed by atoms with Crippen molar-refractivity contribution in [3.8, 4) is 6.07 Å². The molecule has 1 aromatic carbocycles. The van der Waals surface area contributed by atoms with Gasteiger partial charge in [-0.1, -0.05) is 6.07 Å². The van der Waals surface area contributed by atoms with E-state index < -0.39 is 20.9 Å². The van der Waals surface area contributed by atoms with Gasteiger partial charge in [-0.05, 0) is 36.8 Å². The lowest BCUT2D eigenvalue weighted by atomic mass is 10.1. The third kappa shape index (κ3) is 2.75. The number of nitrogens with zero attached hydrogens (tertiary/aromatic N) is 2. The van der Waals surface area contributed by atoms with Gasteiger partial charge in [-0.2, -0.15) is 13.7 Å². The molecule has 0 unspecified atom stereocenters. The highest BCUT2D eigenvalue weighted by Gasteiger charge is 2.21. The molecule has 0 amide bonds. The van der Waals surface area contributed by atoms with Crippen LogP contribution in [0.3, 0.4) is 0 Å². The summed E-state index contributed by atoms with van der Waals surface area (Å²) in [4.78, 5) is 3.53. The highest BCUT2D eigenvalue weighted by Crippen LogP contribution is 2.21. The average molecular weight is 291 g/mol. The van der Waals surface area contributed by atoms with E-state index in [4.69, 9.17) is 5.26 Å². The van der Waals surface area contributed by atoms with Gasteiger partial charge in [0.2, 0.25) is 5.03 Å². The lowest BCUT2D eigenvalue weighted by Crippen LogP contribution is -2.16. The summed E-state index contributed by atoms with van der Waals surface area (Å²) >= 11 is 0. The molecule has 0 aliphatic heterocycles. The highest BCUT2D eigenvalue weighted by molar-refractivity contribution is 7.92. The Balaban J connectivity index is 2.44. The fourth-order valence-electron chi connectivity index (χ4n) is 1.56. The minimum Gasteiger partial charge on any atom is -0.278 e. The number of benzene rings is 1. The number of anilines is 1. The van der Waals surface area contributed by atoms with E-state index in [9.17, 15) is 12.8 Å². The van der Waals surface area contributed by atoms with Crippen LogP contribution in [0.5, 0.6) is 0 Å². The Bertz CT molecular complexity index is 798. The van der Waals surface area contributed by atoms with Crippen molar-refractivity contribution in [1.82, 2.24) is 4.98 Å². The Hall–Kier alpha value is -2.46. The van der Waals surface area contributed by atoms with Crippen molar-refractivity contribution in [2.45, 2.75) is 11.9 Å². The molecule has 0 aliphatic carbocycles. The predicted octanol–water partition coefficient (Wildman–Crippen LogP) is 2.20.